The van der Waals surface area contributed by atoms with Crippen molar-refractivity contribution in [1.29, 1.82) is 0 Å². The number of benzene rings is 2. The van der Waals surface area contributed by atoms with E-state index < -0.39 is 6.04 Å². The van der Waals surface area contributed by atoms with Crippen molar-refractivity contribution in [2.75, 3.05) is 12.7 Å². The standard InChI is InChI=1S/C26H31ClN2O4/c1-17-3-8-20(9-4-17)25(26(31)28-21-10-5-18(2)6-11-21)29(24(30)14-27)15-19-7-12-22-23(13-19)33-16-32-22/h3-4,7-9,12-13,18,21,25H,5-6,10-11,14-16H2,1-2H3,(H,28,31)/t18?,21?,25-/m0/s1. The summed E-state index contributed by atoms with van der Waals surface area (Å²) < 4.78 is 10.9. The smallest absolute Gasteiger partial charge is 0.247 e. The van der Waals surface area contributed by atoms with Gasteiger partial charge in [0.05, 0.1) is 0 Å². The molecule has 2 amide bonds. The summed E-state index contributed by atoms with van der Waals surface area (Å²) in [5.74, 6) is 1.32. The maximum Gasteiger partial charge on any atom is 0.247 e. The molecule has 176 valence electrons. The lowest BCUT2D eigenvalue weighted by Crippen LogP contribution is -2.47. The van der Waals surface area contributed by atoms with Crippen LogP contribution in [0.2, 0.25) is 0 Å². The molecule has 1 atom stereocenters. The van der Waals surface area contributed by atoms with Gasteiger partial charge in [0.15, 0.2) is 11.5 Å². The molecular weight excluding hydrogens is 440 g/mol. The number of hydrogen-bond donors (Lipinski definition) is 1. The van der Waals surface area contributed by atoms with Gasteiger partial charge in [0, 0.05) is 12.6 Å². The lowest BCUT2D eigenvalue weighted by Gasteiger charge is -2.34. The Morgan fingerprint density at radius 2 is 1.76 bits per heavy atom. The van der Waals surface area contributed by atoms with Crippen LogP contribution < -0.4 is 14.8 Å². The summed E-state index contributed by atoms with van der Waals surface area (Å²) in [6, 6.07) is 12.7. The molecule has 1 aliphatic heterocycles. The third kappa shape index (κ3) is 5.61. The number of carbonyl (C=O) groups excluding carboxylic acids is 2. The van der Waals surface area contributed by atoms with Gasteiger partial charge in [0.2, 0.25) is 18.6 Å². The van der Waals surface area contributed by atoms with E-state index in [4.69, 9.17) is 21.1 Å². The third-order valence-electron chi connectivity index (χ3n) is 6.54. The van der Waals surface area contributed by atoms with Crippen LogP contribution in [0.1, 0.15) is 55.3 Å². The zero-order valence-electron chi connectivity index (χ0n) is 19.2. The summed E-state index contributed by atoms with van der Waals surface area (Å²) in [6.45, 7) is 4.66. The minimum Gasteiger partial charge on any atom is -0.454 e. The molecular formula is C26H31ClN2O4. The molecule has 0 radical (unpaired) electrons. The molecule has 1 N–H and O–H groups in total. The fraction of sp³-hybridized carbons (Fsp3) is 0.462. The first-order valence-corrected chi connectivity index (χ1v) is 12.1. The Morgan fingerprint density at radius 3 is 2.45 bits per heavy atom. The molecule has 0 saturated heterocycles. The molecule has 1 fully saturated rings. The summed E-state index contributed by atoms with van der Waals surface area (Å²) in [7, 11) is 0. The van der Waals surface area contributed by atoms with Crippen molar-refractivity contribution < 1.29 is 19.1 Å². The average molecular weight is 471 g/mol. The van der Waals surface area contributed by atoms with E-state index in [-0.39, 0.29) is 37.1 Å². The maximum absolute atomic E-state index is 13.6. The number of carbonyl (C=O) groups is 2. The molecule has 6 nitrogen and oxygen atoms in total. The second-order valence-corrected chi connectivity index (χ2v) is 9.39. The maximum atomic E-state index is 13.6. The van der Waals surface area contributed by atoms with Crippen LogP contribution in [0, 0.1) is 12.8 Å². The number of nitrogens with zero attached hydrogens (tertiary/aromatic N) is 1. The first-order chi connectivity index (χ1) is 15.9. The Hall–Kier alpha value is -2.73. The van der Waals surface area contributed by atoms with Crippen molar-refractivity contribution in [3.05, 3.63) is 59.2 Å². The highest BCUT2D eigenvalue weighted by molar-refractivity contribution is 6.27. The molecule has 33 heavy (non-hydrogen) atoms. The first-order valence-electron chi connectivity index (χ1n) is 11.6. The van der Waals surface area contributed by atoms with Crippen molar-refractivity contribution in [2.45, 2.75) is 58.2 Å². The second-order valence-electron chi connectivity index (χ2n) is 9.12. The summed E-state index contributed by atoms with van der Waals surface area (Å²) in [4.78, 5) is 28.2. The minimum absolute atomic E-state index is 0.125. The number of alkyl halides is 1. The molecule has 2 aliphatic rings. The Kier molecular flexibility index (Phi) is 7.43. The fourth-order valence-corrected chi connectivity index (χ4v) is 4.70. The second kappa shape index (κ2) is 10.5. The Labute approximate surface area is 200 Å². The van der Waals surface area contributed by atoms with Crippen molar-refractivity contribution in [3.8, 4) is 11.5 Å². The fourth-order valence-electron chi connectivity index (χ4n) is 4.54. The van der Waals surface area contributed by atoms with Gasteiger partial charge in [-0.2, -0.15) is 0 Å². The summed E-state index contributed by atoms with van der Waals surface area (Å²) in [5, 5.41) is 3.22. The number of aryl methyl sites for hydroxylation is 1. The number of nitrogens with one attached hydrogen (secondary N) is 1. The largest absolute Gasteiger partial charge is 0.454 e. The molecule has 1 saturated carbocycles. The first kappa shape index (κ1) is 23.4. The normalized spacial score (nSPS) is 20.2. The Morgan fingerprint density at radius 1 is 1.06 bits per heavy atom. The van der Waals surface area contributed by atoms with E-state index in [1.165, 1.54) is 0 Å². The van der Waals surface area contributed by atoms with Crippen LogP contribution in [0.15, 0.2) is 42.5 Å². The van der Waals surface area contributed by atoms with Gasteiger partial charge < -0.3 is 19.7 Å². The summed E-state index contributed by atoms with van der Waals surface area (Å²) in [6.07, 6.45) is 4.11. The average Bonchev–Trinajstić information content (AvgIpc) is 3.29. The lowest BCUT2D eigenvalue weighted by molar-refractivity contribution is -0.140. The summed E-state index contributed by atoms with van der Waals surface area (Å²) >= 11 is 6.01. The van der Waals surface area contributed by atoms with Crippen LogP contribution in [0.25, 0.3) is 0 Å². The van der Waals surface area contributed by atoms with Crippen LogP contribution in [-0.2, 0) is 16.1 Å². The van der Waals surface area contributed by atoms with Gasteiger partial charge in [-0.25, -0.2) is 0 Å². The monoisotopic (exact) mass is 470 g/mol. The van der Waals surface area contributed by atoms with E-state index in [9.17, 15) is 9.59 Å². The highest BCUT2D eigenvalue weighted by Gasteiger charge is 2.33. The van der Waals surface area contributed by atoms with Crippen LogP contribution in [0.5, 0.6) is 11.5 Å². The third-order valence-corrected chi connectivity index (χ3v) is 6.77. The van der Waals surface area contributed by atoms with Gasteiger partial charge in [0.25, 0.3) is 0 Å². The van der Waals surface area contributed by atoms with Crippen molar-refractivity contribution >= 4 is 23.4 Å². The Balaban J connectivity index is 1.63. The predicted octanol–water partition coefficient (Wildman–Crippen LogP) is 4.73. The van der Waals surface area contributed by atoms with Crippen molar-refractivity contribution in [2.24, 2.45) is 5.92 Å². The SMILES string of the molecule is Cc1ccc([C@@H](C(=O)NC2CCC(C)CC2)N(Cc2ccc3c(c2)OCO3)C(=O)CCl)cc1. The number of hydrogen-bond acceptors (Lipinski definition) is 4. The van der Waals surface area contributed by atoms with Crippen molar-refractivity contribution in [3.63, 3.8) is 0 Å². The quantitative estimate of drug-likeness (QED) is 0.594. The molecule has 2 aromatic carbocycles. The molecule has 0 spiro atoms. The van der Waals surface area contributed by atoms with Crippen LogP contribution in [0.3, 0.4) is 0 Å². The van der Waals surface area contributed by atoms with E-state index in [1.807, 2.05) is 49.4 Å². The van der Waals surface area contributed by atoms with Gasteiger partial charge in [0.1, 0.15) is 11.9 Å². The molecule has 1 heterocycles. The molecule has 1 aliphatic carbocycles. The number of halogens is 1. The van der Waals surface area contributed by atoms with Gasteiger partial charge in [-0.1, -0.05) is 42.8 Å². The molecule has 0 unspecified atom stereocenters. The van der Waals surface area contributed by atoms with E-state index in [2.05, 4.69) is 12.2 Å². The van der Waals surface area contributed by atoms with Gasteiger partial charge in [-0.3, -0.25) is 9.59 Å². The summed E-state index contributed by atoms with van der Waals surface area (Å²) in [5.41, 5.74) is 2.70. The number of rotatable bonds is 7. The lowest BCUT2D eigenvalue weighted by atomic mass is 9.87. The van der Waals surface area contributed by atoms with Crippen molar-refractivity contribution in [1.82, 2.24) is 10.2 Å². The predicted molar refractivity (Wildman–Crippen MR) is 127 cm³/mol. The van der Waals surface area contributed by atoms with E-state index in [0.717, 1.165) is 42.4 Å². The van der Waals surface area contributed by atoms with Crippen LogP contribution >= 0.6 is 11.6 Å². The molecule has 7 heteroatoms. The Bertz CT molecular complexity index is 986. The zero-order chi connectivity index (χ0) is 23.4. The highest BCUT2D eigenvalue weighted by atomic mass is 35.5. The van der Waals surface area contributed by atoms with Gasteiger partial charge >= 0.3 is 0 Å². The van der Waals surface area contributed by atoms with E-state index in [1.54, 1.807) is 4.90 Å². The number of amides is 2. The number of fused-ring (bicyclic) bond motifs is 1. The molecule has 0 aromatic heterocycles. The van der Waals surface area contributed by atoms with E-state index in [0.29, 0.717) is 17.4 Å². The minimum atomic E-state index is -0.776. The molecule has 2 aromatic rings. The van der Waals surface area contributed by atoms with Gasteiger partial charge in [-0.05, 0) is 61.8 Å². The molecule has 4 rings (SSSR count). The molecule has 0 bridgehead atoms. The van der Waals surface area contributed by atoms with Gasteiger partial charge in [-0.15, -0.1) is 11.6 Å². The zero-order valence-corrected chi connectivity index (χ0v) is 19.9. The van der Waals surface area contributed by atoms with Crippen LogP contribution in [-0.4, -0.2) is 35.4 Å². The van der Waals surface area contributed by atoms with Crippen LogP contribution in [0.4, 0.5) is 0 Å². The number of ether oxygens (including phenoxy) is 2. The highest BCUT2D eigenvalue weighted by Crippen LogP contribution is 2.34. The topological polar surface area (TPSA) is 67.9 Å². The van der Waals surface area contributed by atoms with E-state index >= 15 is 0 Å².